The van der Waals surface area contributed by atoms with Gasteiger partial charge in [0, 0.05) is 11.9 Å². The second kappa shape index (κ2) is 8.54. The van der Waals surface area contributed by atoms with E-state index in [1.54, 1.807) is 18.2 Å². The van der Waals surface area contributed by atoms with E-state index in [0.717, 1.165) is 5.69 Å². The number of carboxylic acid groups (broad SMARTS) is 1. The highest BCUT2D eigenvalue weighted by Gasteiger charge is 2.22. The lowest BCUT2D eigenvalue weighted by molar-refractivity contribution is -0.141. The molecule has 0 aromatic carbocycles. The lowest BCUT2D eigenvalue weighted by Gasteiger charge is -2.16. The van der Waals surface area contributed by atoms with Crippen molar-refractivity contribution >= 4 is 17.7 Å². The summed E-state index contributed by atoms with van der Waals surface area (Å²) in [5, 5.41) is 23.3. The predicted molar refractivity (Wildman–Crippen MR) is 85.3 cm³/mol. The number of carbonyl (C=O) groups excluding carboxylic acids is 1. The Labute approximate surface area is 135 Å². The van der Waals surface area contributed by atoms with E-state index in [9.17, 15) is 9.59 Å². The van der Waals surface area contributed by atoms with Crippen molar-refractivity contribution in [2.24, 2.45) is 5.92 Å². The molecule has 1 heterocycles. The van der Waals surface area contributed by atoms with Crippen LogP contribution >= 0.6 is 0 Å². The first-order valence-corrected chi connectivity index (χ1v) is 7.17. The van der Waals surface area contributed by atoms with E-state index in [4.69, 9.17) is 10.4 Å². The molecule has 0 fully saturated rings. The molecular weight excluding hydrogens is 296 g/mol. The fraction of sp³-hybridized carbons (Fsp3) is 0.375. The van der Waals surface area contributed by atoms with Crippen molar-refractivity contribution in [1.29, 1.82) is 5.26 Å². The van der Waals surface area contributed by atoms with Crippen LogP contribution in [0.5, 0.6) is 0 Å². The highest BCUT2D eigenvalue weighted by molar-refractivity contribution is 5.99. The van der Waals surface area contributed by atoms with Crippen molar-refractivity contribution in [2.45, 2.75) is 33.2 Å². The number of amides is 1. The van der Waals surface area contributed by atoms with Gasteiger partial charge in [0.2, 0.25) is 0 Å². The number of pyridine rings is 1. The van der Waals surface area contributed by atoms with Crippen molar-refractivity contribution in [2.75, 3.05) is 5.32 Å². The maximum Gasteiger partial charge on any atom is 0.326 e. The summed E-state index contributed by atoms with van der Waals surface area (Å²) in [5.41, 5.74) is 0.567. The van der Waals surface area contributed by atoms with Gasteiger partial charge in [0.05, 0.1) is 0 Å². The minimum Gasteiger partial charge on any atom is -0.480 e. The molecule has 0 spiro atoms. The van der Waals surface area contributed by atoms with E-state index in [0.29, 0.717) is 5.82 Å². The molecule has 7 heteroatoms. The zero-order valence-electron chi connectivity index (χ0n) is 13.3. The number of nitrogens with zero attached hydrogens (tertiary/aromatic N) is 2. The van der Waals surface area contributed by atoms with Crippen molar-refractivity contribution in [3.8, 4) is 6.07 Å². The van der Waals surface area contributed by atoms with Gasteiger partial charge in [-0.15, -0.1) is 0 Å². The molecule has 1 rings (SSSR count). The van der Waals surface area contributed by atoms with Crippen molar-refractivity contribution in [3.63, 3.8) is 0 Å². The van der Waals surface area contributed by atoms with Crippen LogP contribution in [0.2, 0.25) is 0 Å². The van der Waals surface area contributed by atoms with Crippen LogP contribution in [0, 0.1) is 24.2 Å². The van der Waals surface area contributed by atoms with Crippen molar-refractivity contribution < 1.29 is 14.7 Å². The molecule has 7 nitrogen and oxygen atoms in total. The number of aliphatic carboxylic acids is 1. The van der Waals surface area contributed by atoms with E-state index in [2.05, 4.69) is 15.6 Å². The highest BCUT2D eigenvalue weighted by atomic mass is 16.4. The molecule has 23 heavy (non-hydrogen) atoms. The number of hydrogen-bond acceptors (Lipinski definition) is 5. The van der Waals surface area contributed by atoms with Gasteiger partial charge in [0.15, 0.2) is 0 Å². The summed E-state index contributed by atoms with van der Waals surface area (Å²) in [4.78, 5) is 27.4. The van der Waals surface area contributed by atoms with Gasteiger partial charge in [0.1, 0.15) is 23.5 Å². The summed E-state index contributed by atoms with van der Waals surface area (Å²) in [6.45, 7) is 5.53. The third-order valence-electron chi connectivity index (χ3n) is 2.93. The molecule has 122 valence electrons. The first kappa shape index (κ1) is 18.2. The van der Waals surface area contributed by atoms with E-state index < -0.39 is 17.9 Å². The summed E-state index contributed by atoms with van der Waals surface area (Å²) < 4.78 is 0. The fourth-order valence-electron chi connectivity index (χ4n) is 1.85. The van der Waals surface area contributed by atoms with Crippen LogP contribution in [0.25, 0.3) is 0 Å². The summed E-state index contributed by atoms with van der Waals surface area (Å²) in [7, 11) is 0. The third kappa shape index (κ3) is 6.18. The monoisotopic (exact) mass is 316 g/mol. The number of nitriles is 1. The summed E-state index contributed by atoms with van der Waals surface area (Å²) in [6.07, 6.45) is 1.50. The molecule has 1 amide bonds. The van der Waals surface area contributed by atoms with Gasteiger partial charge < -0.3 is 15.7 Å². The number of carboxylic acids is 1. The first-order chi connectivity index (χ1) is 10.8. The predicted octanol–water partition coefficient (Wildman–Crippen LogP) is 1.82. The molecule has 0 saturated carbocycles. The lowest BCUT2D eigenvalue weighted by Crippen LogP contribution is -2.42. The molecule has 0 aliphatic heterocycles. The fourth-order valence-corrected chi connectivity index (χ4v) is 1.85. The standard InChI is InChI=1S/C16H20N4O3/c1-10(2)7-13(16(22)23)20-15(21)12(8-17)9-18-14-6-4-5-11(3)19-14/h4-6,9-10,13H,7H2,1-3H3,(H,18,19)(H,20,21)(H,22,23)/b12-9-. The number of aryl methyl sites for hydroxylation is 1. The van der Waals surface area contributed by atoms with E-state index in [1.807, 2.05) is 26.8 Å². The number of aromatic nitrogens is 1. The normalized spacial score (nSPS) is 12.4. The minimum absolute atomic E-state index is 0.0977. The average molecular weight is 316 g/mol. The Balaban J connectivity index is 2.79. The smallest absolute Gasteiger partial charge is 0.326 e. The Morgan fingerprint density at radius 1 is 1.43 bits per heavy atom. The highest BCUT2D eigenvalue weighted by Crippen LogP contribution is 2.07. The Bertz CT molecular complexity index is 647. The average Bonchev–Trinajstić information content (AvgIpc) is 2.46. The Hall–Kier alpha value is -2.88. The first-order valence-electron chi connectivity index (χ1n) is 7.17. The van der Waals surface area contributed by atoms with Gasteiger partial charge in [-0.25, -0.2) is 9.78 Å². The van der Waals surface area contributed by atoms with E-state index >= 15 is 0 Å². The van der Waals surface area contributed by atoms with Crippen molar-refractivity contribution in [3.05, 3.63) is 35.7 Å². The van der Waals surface area contributed by atoms with Gasteiger partial charge in [0.25, 0.3) is 5.91 Å². The molecule has 0 radical (unpaired) electrons. The zero-order valence-corrected chi connectivity index (χ0v) is 13.3. The zero-order chi connectivity index (χ0) is 17.4. The molecule has 3 N–H and O–H groups in total. The molecule has 0 aliphatic carbocycles. The largest absolute Gasteiger partial charge is 0.480 e. The minimum atomic E-state index is -1.13. The molecule has 0 saturated heterocycles. The number of nitrogens with one attached hydrogen (secondary N) is 2. The van der Waals surface area contributed by atoms with Gasteiger partial charge in [-0.2, -0.15) is 5.26 Å². The topological polar surface area (TPSA) is 115 Å². The van der Waals surface area contributed by atoms with Gasteiger partial charge >= 0.3 is 5.97 Å². The lowest BCUT2D eigenvalue weighted by atomic mass is 10.0. The van der Waals surface area contributed by atoms with Crippen LogP contribution in [0.1, 0.15) is 26.0 Å². The Morgan fingerprint density at radius 3 is 2.65 bits per heavy atom. The molecule has 1 unspecified atom stereocenters. The molecule has 1 aromatic rings. The Morgan fingerprint density at radius 2 is 2.13 bits per heavy atom. The van der Waals surface area contributed by atoms with Gasteiger partial charge in [-0.05, 0) is 31.4 Å². The summed E-state index contributed by atoms with van der Waals surface area (Å²) in [5.74, 6) is -1.28. The number of carbonyl (C=O) groups is 2. The van der Waals surface area contributed by atoms with E-state index in [-0.39, 0.29) is 17.9 Å². The maximum atomic E-state index is 12.0. The second-order valence-electron chi connectivity index (χ2n) is 5.47. The maximum absolute atomic E-state index is 12.0. The molecule has 0 aliphatic rings. The molecular formula is C16H20N4O3. The van der Waals surface area contributed by atoms with Crippen LogP contribution < -0.4 is 10.6 Å². The molecule has 1 aromatic heterocycles. The van der Waals surface area contributed by atoms with Crippen LogP contribution in [0.4, 0.5) is 5.82 Å². The SMILES string of the molecule is Cc1cccc(N/C=C(/C#N)C(=O)NC(CC(C)C)C(=O)O)n1. The third-order valence-corrected chi connectivity index (χ3v) is 2.93. The van der Waals surface area contributed by atoms with Crippen molar-refractivity contribution in [1.82, 2.24) is 10.3 Å². The van der Waals surface area contributed by atoms with Crippen LogP contribution in [0.3, 0.4) is 0 Å². The molecule has 0 bridgehead atoms. The quantitative estimate of drug-likeness (QED) is 0.522. The second-order valence-corrected chi connectivity index (χ2v) is 5.47. The van der Waals surface area contributed by atoms with Gasteiger partial charge in [-0.1, -0.05) is 19.9 Å². The Kier molecular flexibility index (Phi) is 6.74. The van der Waals surface area contributed by atoms with E-state index in [1.165, 1.54) is 6.20 Å². The van der Waals surface area contributed by atoms with Gasteiger partial charge in [-0.3, -0.25) is 4.79 Å². The number of hydrogen-bond donors (Lipinski definition) is 3. The summed E-state index contributed by atoms with van der Waals surface area (Å²) >= 11 is 0. The van der Waals surface area contributed by atoms with Crippen LogP contribution in [-0.4, -0.2) is 28.0 Å². The number of anilines is 1. The van der Waals surface area contributed by atoms with Crippen LogP contribution in [0.15, 0.2) is 30.0 Å². The molecule has 1 atom stereocenters. The number of rotatable bonds is 7. The summed E-state index contributed by atoms with van der Waals surface area (Å²) in [6, 6.07) is 6.01. The van der Waals surface area contributed by atoms with Crippen LogP contribution in [-0.2, 0) is 9.59 Å².